The molecule has 0 amide bonds. The molecule has 0 bridgehead atoms. The van der Waals surface area contributed by atoms with Gasteiger partial charge in [-0.15, -0.1) is 0 Å². The molecule has 1 saturated heterocycles. The van der Waals surface area contributed by atoms with Gasteiger partial charge in [-0.3, -0.25) is 0 Å². The van der Waals surface area contributed by atoms with E-state index < -0.39 is 0 Å². The summed E-state index contributed by atoms with van der Waals surface area (Å²) < 4.78 is 11.3. The number of nitrogens with zero attached hydrogens (tertiary/aromatic N) is 1. The van der Waals surface area contributed by atoms with E-state index >= 15 is 0 Å². The Morgan fingerprint density at radius 1 is 1.40 bits per heavy atom. The van der Waals surface area contributed by atoms with Gasteiger partial charge in [0.1, 0.15) is 11.7 Å². The van der Waals surface area contributed by atoms with Crippen molar-refractivity contribution in [3.63, 3.8) is 0 Å². The standard InChI is InChI=1S/C16H18N2O2/c17-10-15-16(13-5-1-2-6-14(13)20-15)19-9-7-12-4-3-8-18-11-12/h1-2,5-6,12,18H,3-4,7-9,11H2. The predicted octanol–water partition coefficient (Wildman–Crippen LogP) is 3.07. The Bertz CT molecular complexity index is 621. The highest BCUT2D eigenvalue weighted by molar-refractivity contribution is 5.86. The molecule has 1 aliphatic heterocycles. The molecule has 104 valence electrons. The number of furan rings is 1. The van der Waals surface area contributed by atoms with Crippen molar-refractivity contribution in [2.75, 3.05) is 19.7 Å². The normalized spacial score (nSPS) is 18.9. The summed E-state index contributed by atoms with van der Waals surface area (Å²) in [5.74, 6) is 1.53. The first-order valence-corrected chi connectivity index (χ1v) is 7.13. The molecule has 20 heavy (non-hydrogen) atoms. The summed E-state index contributed by atoms with van der Waals surface area (Å²) in [4.78, 5) is 0. The van der Waals surface area contributed by atoms with Crippen molar-refractivity contribution in [3.05, 3.63) is 30.0 Å². The van der Waals surface area contributed by atoms with Crippen molar-refractivity contribution in [1.82, 2.24) is 5.32 Å². The highest BCUT2D eigenvalue weighted by atomic mass is 16.5. The second kappa shape index (κ2) is 5.98. The number of nitriles is 1. The fourth-order valence-corrected chi connectivity index (χ4v) is 2.74. The molecule has 1 aromatic heterocycles. The second-order valence-corrected chi connectivity index (χ2v) is 5.22. The zero-order chi connectivity index (χ0) is 13.8. The minimum Gasteiger partial charge on any atom is -0.488 e. The third-order valence-corrected chi connectivity index (χ3v) is 3.82. The summed E-state index contributed by atoms with van der Waals surface area (Å²) in [6, 6.07) is 9.67. The molecule has 0 aliphatic carbocycles. The largest absolute Gasteiger partial charge is 0.488 e. The first kappa shape index (κ1) is 13.0. The first-order chi connectivity index (χ1) is 9.88. The van der Waals surface area contributed by atoms with Crippen LogP contribution >= 0.6 is 0 Å². The van der Waals surface area contributed by atoms with Gasteiger partial charge in [-0.1, -0.05) is 12.1 Å². The Morgan fingerprint density at radius 3 is 3.10 bits per heavy atom. The molecule has 2 aromatic rings. The average molecular weight is 270 g/mol. The highest BCUT2D eigenvalue weighted by Gasteiger charge is 2.17. The molecular weight excluding hydrogens is 252 g/mol. The average Bonchev–Trinajstić information content (AvgIpc) is 2.87. The van der Waals surface area contributed by atoms with Gasteiger partial charge in [-0.2, -0.15) is 5.26 Å². The van der Waals surface area contributed by atoms with Crippen LogP contribution in [0.5, 0.6) is 5.75 Å². The minimum absolute atomic E-state index is 0.271. The summed E-state index contributed by atoms with van der Waals surface area (Å²) in [7, 11) is 0. The molecule has 4 nitrogen and oxygen atoms in total. The molecule has 1 fully saturated rings. The molecule has 0 saturated carbocycles. The molecule has 0 radical (unpaired) electrons. The van der Waals surface area contributed by atoms with Gasteiger partial charge in [-0.05, 0) is 50.4 Å². The first-order valence-electron chi connectivity index (χ1n) is 7.13. The summed E-state index contributed by atoms with van der Waals surface area (Å²) >= 11 is 0. The van der Waals surface area contributed by atoms with Crippen LogP contribution in [0.3, 0.4) is 0 Å². The van der Waals surface area contributed by atoms with Gasteiger partial charge < -0.3 is 14.5 Å². The topological polar surface area (TPSA) is 58.2 Å². The van der Waals surface area contributed by atoms with E-state index in [9.17, 15) is 0 Å². The number of hydrogen-bond donors (Lipinski definition) is 1. The van der Waals surface area contributed by atoms with Crippen LogP contribution in [0, 0.1) is 17.2 Å². The summed E-state index contributed by atoms with van der Waals surface area (Å²) in [6.45, 7) is 2.83. The Labute approximate surface area is 118 Å². The lowest BCUT2D eigenvalue weighted by molar-refractivity contribution is 0.253. The fourth-order valence-electron chi connectivity index (χ4n) is 2.74. The second-order valence-electron chi connectivity index (χ2n) is 5.22. The third kappa shape index (κ3) is 2.63. The SMILES string of the molecule is N#Cc1oc2ccccc2c1OCCC1CCCNC1. The summed E-state index contributed by atoms with van der Waals surface area (Å²) in [5, 5.41) is 13.4. The van der Waals surface area contributed by atoms with Crippen molar-refractivity contribution in [1.29, 1.82) is 5.26 Å². The van der Waals surface area contributed by atoms with Crippen molar-refractivity contribution in [2.45, 2.75) is 19.3 Å². The van der Waals surface area contributed by atoms with Gasteiger partial charge in [0.05, 0.1) is 12.0 Å². The van der Waals surface area contributed by atoms with Crippen molar-refractivity contribution < 1.29 is 9.15 Å². The van der Waals surface area contributed by atoms with E-state index in [0.29, 0.717) is 23.9 Å². The van der Waals surface area contributed by atoms with Crippen molar-refractivity contribution in [2.24, 2.45) is 5.92 Å². The van der Waals surface area contributed by atoms with E-state index in [-0.39, 0.29) is 5.76 Å². The van der Waals surface area contributed by atoms with Crippen molar-refractivity contribution in [3.8, 4) is 11.8 Å². The number of nitrogens with one attached hydrogen (secondary N) is 1. The monoisotopic (exact) mass is 270 g/mol. The van der Waals surface area contributed by atoms with Crippen LogP contribution in [0.25, 0.3) is 11.0 Å². The molecule has 1 N–H and O–H groups in total. The number of piperidine rings is 1. The maximum absolute atomic E-state index is 9.13. The zero-order valence-corrected chi connectivity index (χ0v) is 11.4. The molecule has 1 aliphatic rings. The predicted molar refractivity (Wildman–Crippen MR) is 76.6 cm³/mol. The lowest BCUT2D eigenvalue weighted by Crippen LogP contribution is -2.30. The maximum atomic E-state index is 9.13. The Hall–Kier alpha value is -1.99. The van der Waals surface area contributed by atoms with Crippen LogP contribution in [0.4, 0.5) is 0 Å². The molecular formula is C16H18N2O2. The van der Waals surface area contributed by atoms with Crippen LogP contribution in [0.1, 0.15) is 25.0 Å². The molecule has 3 rings (SSSR count). The van der Waals surface area contributed by atoms with E-state index in [0.717, 1.165) is 24.9 Å². The fraction of sp³-hybridized carbons (Fsp3) is 0.438. The number of ether oxygens (including phenoxy) is 1. The van der Waals surface area contributed by atoms with E-state index in [2.05, 4.69) is 11.4 Å². The Morgan fingerprint density at radius 2 is 2.30 bits per heavy atom. The van der Waals surface area contributed by atoms with E-state index in [4.69, 9.17) is 14.4 Å². The van der Waals surface area contributed by atoms with Gasteiger partial charge in [0.15, 0.2) is 5.75 Å². The van der Waals surface area contributed by atoms with E-state index in [1.165, 1.54) is 12.8 Å². The Kier molecular flexibility index (Phi) is 3.89. The number of benzene rings is 1. The van der Waals surface area contributed by atoms with Crippen LogP contribution in [-0.4, -0.2) is 19.7 Å². The maximum Gasteiger partial charge on any atom is 0.246 e. The van der Waals surface area contributed by atoms with Gasteiger partial charge >= 0.3 is 0 Å². The molecule has 2 heterocycles. The smallest absolute Gasteiger partial charge is 0.246 e. The van der Waals surface area contributed by atoms with Crippen LogP contribution in [0.2, 0.25) is 0 Å². The van der Waals surface area contributed by atoms with Crippen LogP contribution in [-0.2, 0) is 0 Å². The van der Waals surface area contributed by atoms with Crippen LogP contribution < -0.4 is 10.1 Å². The molecule has 1 aromatic carbocycles. The lowest BCUT2D eigenvalue weighted by atomic mass is 9.97. The van der Waals surface area contributed by atoms with Gasteiger partial charge in [0.25, 0.3) is 0 Å². The molecule has 1 atom stereocenters. The van der Waals surface area contributed by atoms with Crippen molar-refractivity contribution >= 4 is 11.0 Å². The third-order valence-electron chi connectivity index (χ3n) is 3.82. The lowest BCUT2D eigenvalue weighted by Gasteiger charge is -2.22. The molecule has 0 spiro atoms. The van der Waals surface area contributed by atoms with E-state index in [1.807, 2.05) is 24.3 Å². The summed E-state index contributed by atoms with van der Waals surface area (Å²) in [5.41, 5.74) is 0.707. The highest BCUT2D eigenvalue weighted by Crippen LogP contribution is 2.32. The van der Waals surface area contributed by atoms with E-state index in [1.54, 1.807) is 0 Å². The van der Waals surface area contributed by atoms with Gasteiger partial charge in [-0.25, -0.2) is 0 Å². The zero-order valence-electron chi connectivity index (χ0n) is 11.4. The van der Waals surface area contributed by atoms with Gasteiger partial charge in [0.2, 0.25) is 5.76 Å². The number of fused-ring (bicyclic) bond motifs is 1. The Balaban J connectivity index is 1.69. The van der Waals surface area contributed by atoms with Gasteiger partial charge in [0, 0.05) is 0 Å². The number of rotatable bonds is 4. The minimum atomic E-state index is 0.271. The number of para-hydroxylation sites is 1. The summed E-state index contributed by atoms with van der Waals surface area (Å²) in [6.07, 6.45) is 3.51. The quantitative estimate of drug-likeness (QED) is 0.927. The molecule has 1 unspecified atom stereocenters. The van der Waals surface area contributed by atoms with Crippen LogP contribution in [0.15, 0.2) is 28.7 Å². The number of hydrogen-bond acceptors (Lipinski definition) is 4. The molecule has 4 heteroatoms.